The molecule has 1 aromatic heterocycles. The normalized spacial score (nSPS) is 10.9. The summed E-state index contributed by atoms with van der Waals surface area (Å²) in [5.41, 5.74) is 1.54. The Morgan fingerprint density at radius 1 is 1.35 bits per heavy atom. The Labute approximate surface area is 163 Å². The molecule has 0 radical (unpaired) electrons. The Kier molecular flexibility index (Phi) is 6.01. The van der Waals surface area contributed by atoms with Gasteiger partial charge in [0.15, 0.2) is 15.9 Å². The smallest absolute Gasteiger partial charge is 0.233 e. The van der Waals surface area contributed by atoms with E-state index in [9.17, 15) is 9.18 Å². The highest BCUT2D eigenvalue weighted by atomic mass is 35.5. The molecule has 0 atom stereocenters. The van der Waals surface area contributed by atoms with E-state index in [0.717, 1.165) is 14.6 Å². The summed E-state index contributed by atoms with van der Waals surface area (Å²) in [5.74, 6) is -0.0333. The molecule has 0 saturated carbocycles. The van der Waals surface area contributed by atoms with E-state index < -0.39 is 5.82 Å². The fourth-order valence-electron chi connectivity index (χ4n) is 2.35. The zero-order valence-corrected chi connectivity index (χ0v) is 16.6. The van der Waals surface area contributed by atoms with Crippen LogP contribution >= 0.6 is 34.7 Å². The van der Waals surface area contributed by atoms with Gasteiger partial charge in [0.25, 0.3) is 0 Å². The molecule has 0 unspecified atom stereocenters. The van der Waals surface area contributed by atoms with Crippen LogP contribution in [0.15, 0.2) is 40.7 Å². The summed E-state index contributed by atoms with van der Waals surface area (Å²) in [6.07, 6.45) is 0. The minimum Gasteiger partial charge on any atom is -0.494 e. The number of ether oxygens (including phenoxy) is 1. The van der Waals surface area contributed by atoms with E-state index in [-0.39, 0.29) is 17.4 Å². The van der Waals surface area contributed by atoms with Crippen molar-refractivity contribution >= 4 is 50.8 Å². The number of thioether (sulfide) groups is 1. The van der Waals surface area contributed by atoms with Crippen molar-refractivity contribution in [3.8, 4) is 5.75 Å². The Morgan fingerprint density at radius 3 is 2.88 bits per heavy atom. The van der Waals surface area contributed by atoms with Crippen LogP contribution in [0.2, 0.25) is 5.02 Å². The number of halogens is 2. The molecule has 26 heavy (non-hydrogen) atoms. The van der Waals surface area contributed by atoms with E-state index in [1.54, 1.807) is 24.1 Å². The van der Waals surface area contributed by atoms with Gasteiger partial charge in [-0.2, -0.15) is 0 Å². The summed E-state index contributed by atoms with van der Waals surface area (Å²) in [6.45, 7) is 0.329. The fourth-order valence-corrected chi connectivity index (χ4v) is 4.50. The van der Waals surface area contributed by atoms with Gasteiger partial charge in [0.1, 0.15) is 0 Å². The van der Waals surface area contributed by atoms with E-state index in [1.807, 2.05) is 18.2 Å². The molecule has 3 aromatic rings. The topological polar surface area (TPSA) is 42.4 Å². The maximum absolute atomic E-state index is 13.8. The molecule has 136 valence electrons. The van der Waals surface area contributed by atoms with Crippen molar-refractivity contribution in [3.05, 3.63) is 52.8 Å². The molecule has 1 heterocycles. The number of hydrogen-bond acceptors (Lipinski definition) is 5. The third-order valence-electron chi connectivity index (χ3n) is 3.71. The lowest BCUT2D eigenvalue weighted by atomic mass is 10.2. The first-order valence-electron chi connectivity index (χ1n) is 7.71. The van der Waals surface area contributed by atoms with Gasteiger partial charge in [0.05, 0.1) is 23.1 Å². The first-order chi connectivity index (χ1) is 12.5. The summed E-state index contributed by atoms with van der Waals surface area (Å²) in [4.78, 5) is 18.4. The predicted molar refractivity (Wildman–Crippen MR) is 105 cm³/mol. The number of rotatable bonds is 6. The Morgan fingerprint density at radius 2 is 2.15 bits per heavy atom. The minimum absolute atomic E-state index is 0.0523. The number of benzene rings is 2. The van der Waals surface area contributed by atoms with Crippen molar-refractivity contribution in [1.29, 1.82) is 0 Å². The van der Waals surface area contributed by atoms with Crippen LogP contribution in [0.3, 0.4) is 0 Å². The van der Waals surface area contributed by atoms with E-state index >= 15 is 0 Å². The van der Waals surface area contributed by atoms with Gasteiger partial charge in [-0.3, -0.25) is 4.79 Å². The van der Waals surface area contributed by atoms with Crippen LogP contribution in [0, 0.1) is 5.82 Å². The largest absolute Gasteiger partial charge is 0.494 e. The summed E-state index contributed by atoms with van der Waals surface area (Å²) < 4.78 is 20.5. The van der Waals surface area contributed by atoms with Gasteiger partial charge < -0.3 is 9.64 Å². The van der Waals surface area contributed by atoms with Crippen LogP contribution in [-0.2, 0) is 11.3 Å². The van der Waals surface area contributed by atoms with E-state index in [4.69, 9.17) is 16.3 Å². The molecule has 0 aliphatic rings. The highest BCUT2D eigenvalue weighted by molar-refractivity contribution is 8.01. The molecule has 0 spiro atoms. The molecule has 0 aliphatic heterocycles. The van der Waals surface area contributed by atoms with Crippen molar-refractivity contribution in [2.45, 2.75) is 10.9 Å². The minimum atomic E-state index is -0.437. The van der Waals surface area contributed by atoms with Gasteiger partial charge in [-0.15, -0.1) is 11.3 Å². The number of nitrogens with zero attached hydrogens (tertiary/aromatic N) is 2. The lowest BCUT2D eigenvalue weighted by Crippen LogP contribution is -2.27. The molecular formula is C18H16ClFN2O2S2. The quantitative estimate of drug-likeness (QED) is 0.545. The zero-order chi connectivity index (χ0) is 18.7. The standard InChI is InChI=1S/C18H16ClFN2O2S2/c1-22(9-11-3-5-15(24-2)13(20)7-11)17(23)10-25-18-21-14-8-12(19)4-6-16(14)26-18/h3-8H,9-10H2,1-2H3. The lowest BCUT2D eigenvalue weighted by Gasteiger charge is -2.17. The first kappa shape index (κ1) is 18.9. The highest BCUT2D eigenvalue weighted by Crippen LogP contribution is 2.31. The van der Waals surface area contributed by atoms with Gasteiger partial charge in [0, 0.05) is 18.6 Å². The SMILES string of the molecule is COc1ccc(CN(C)C(=O)CSc2nc3cc(Cl)ccc3s2)cc1F. The molecule has 2 aromatic carbocycles. The average molecular weight is 411 g/mol. The zero-order valence-electron chi connectivity index (χ0n) is 14.2. The number of fused-ring (bicyclic) bond motifs is 1. The number of carbonyl (C=O) groups is 1. The fraction of sp³-hybridized carbons (Fsp3) is 0.222. The summed E-state index contributed by atoms with van der Waals surface area (Å²) in [6, 6.07) is 10.2. The summed E-state index contributed by atoms with van der Waals surface area (Å²) >= 11 is 8.88. The number of thiazole rings is 1. The molecule has 8 heteroatoms. The number of amides is 1. The van der Waals surface area contributed by atoms with Gasteiger partial charge in [0.2, 0.25) is 5.91 Å². The van der Waals surface area contributed by atoms with Gasteiger partial charge >= 0.3 is 0 Å². The van der Waals surface area contributed by atoms with Crippen LogP contribution in [0.5, 0.6) is 5.75 Å². The molecule has 0 saturated heterocycles. The second kappa shape index (κ2) is 8.24. The molecular weight excluding hydrogens is 395 g/mol. The molecule has 1 amide bonds. The second-order valence-corrected chi connectivity index (χ2v) is 8.29. The van der Waals surface area contributed by atoms with Gasteiger partial charge in [-0.1, -0.05) is 29.4 Å². The molecule has 0 N–H and O–H groups in total. The third-order valence-corrected chi connectivity index (χ3v) is 6.11. The molecule has 4 nitrogen and oxygen atoms in total. The van der Waals surface area contributed by atoms with Crippen LogP contribution in [0.25, 0.3) is 10.2 Å². The Bertz CT molecular complexity index is 948. The van der Waals surface area contributed by atoms with E-state index in [1.165, 1.54) is 36.3 Å². The van der Waals surface area contributed by atoms with Crippen molar-refractivity contribution in [1.82, 2.24) is 9.88 Å². The molecule has 0 aliphatic carbocycles. The Hall–Kier alpha value is -1.83. The van der Waals surface area contributed by atoms with Crippen molar-refractivity contribution in [2.75, 3.05) is 19.9 Å². The van der Waals surface area contributed by atoms with Crippen LogP contribution in [0.1, 0.15) is 5.56 Å². The number of carbonyl (C=O) groups excluding carboxylic acids is 1. The monoisotopic (exact) mass is 410 g/mol. The van der Waals surface area contributed by atoms with Crippen molar-refractivity contribution < 1.29 is 13.9 Å². The van der Waals surface area contributed by atoms with Crippen LogP contribution < -0.4 is 4.74 Å². The average Bonchev–Trinajstić information content (AvgIpc) is 3.01. The molecule has 3 rings (SSSR count). The maximum Gasteiger partial charge on any atom is 0.233 e. The first-order valence-corrected chi connectivity index (χ1v) is 9.89. The highest BCUT2D eigenvalue weighted by Gasteiger charge is 2.13. The number of methoxy groups -OCH3 is 1. The number of aromatic nitrogens is 1. The second-order valence-electron chi connectivity index (χ2n) is 5.60. The van der Waals surface area contributed by atoms with Crippen LogP contribution in [-0.4, -0.2) is 35.7 Å². The summed E-state index contributed by atoms with van der Waals surface area (Å²) in [7, 11) is 3.12. The van der Waals surface area contributed by atoms with E-state index in [0.29, 0.717) is 17.1 Å². The Balaban J connectivity index is 1.59. The van der Waals surface area contributed by atoms with Gasteiger partial charge in [-0.25, -0.2) is 9.37 Å². The van der Waals surface area contributed by atoms with Crippen molar-refractivity contribution in [3.63, 3.8) is 0 Å². The summed E-state index contributed by atoms with van der Waals surface area (Å²) in [5, 5.41) is 0.641. The lowest BCUT2D eigenvalue weighted by molar-refractivity contribution is -0.127. The van der Waals surface area contributed by atoms with Crippen molar-refractivity contribution in [2.24, 2.45) is 0 Å². The molecule has 0 bridgehead atoms. The van der Waals surface area contributed by atoms with Crippen LogP contribution in [0.4, 0.5) is 4.39 Å². The number of hydrogen-bond donors (Lipinski definition) is 0. The third kappa shape index (κ3) is 4.47. The molecule has 0 fully saturated rings. The predicted octanol–water partition coefficient (Wildman–Crippen LogP) is 4.85. The van der Waals surface area contributed by atoms with Gasteiger partial charge in [-0.05, 0) is 35.9 Å². The maximum atomic E-state index is 13.8. The van der Waals surface area contributed by atoms with E-state index in [2.05, 4.69) is 4.98 Å².